The fraction of sp³-hybridized carbons (Fsp3) is 0.300. The Morgan fingerprint density at radius 2 is 1.67 bits per heavy atom. The maximum Gasteiger partial charge on any atom is 0.254 e. The molecule has 4 heteroatoms. The summed E-state index contributed by atoms with van der Waals surface area (Å²) in [6.07, 6.45) is 1.47. The minimum atomic E-state index is -0.663. The lowest BCUT2D eigenvalue weighted by Gasteiger charge is -2.34. The van der Waals surface area contributed by atoms with Gasteiger partial charge in [0.05, 0.1) is 11.4 Å². The van der Waals surface area contributed by atoms with E-state index in [1.54, 1.807) is 4.90 Å². The van der Waals surface area contributed by atoms with Gasteiger partial charge >= 0.3 is 0 Å². The second-order valence-electron chi connectivity index (χ2n) is 6.49. The van der Waals surface area contributed by atoms with E-state index in [-0.39, 0.29) is 5.91 Å². The molecule has 1 amide bonds. The second kappa shape index (κ2) is 5.87. The van der Waals surface area contributed by atoms with Crippen LogP contribution in [0.3, 0.4) is 0 Å². The van der Waals surface area contributed by atoms with E-state index in [9.17, 15) is 4.79 Å². The van der Waals surface area contributed by atoms with Crippen molar-refractivity contribution in [3.8, 4) is 0 Å². The lowest BCUT2D eigenvalue weighted by atomic mass is 9.87. The van der Waals surface area contributed by atoms with Crippen LogP contribution >= 0.6 is 0 Å². The number of hydrogen-bond donors (Lipinski definition) is 1. The molecule has 0 aliphatic carbocycles. The fourth-order valence-corrected chi connectivity index (χ4v) is 3.69. The number of carbonyl (C=O) groups excluding carboxylic acids is 1. The van der Waals surface area contributed by atoms with Crippen LogP contribution in [0.25, 0.3) is 0 Å². The smallest absolute Gasteiger partial charge is 0.254 e. The highest BCUT2D eigenvalue weighted by Gasteiger charge is 2.44. The molecule has 0 aromatic heterocycles. The first kappa shape index (κ1) is 15.1. The van der Waals surface area contributed by atoms with Gasteiger partial charge in [0, 0.05) is 18.2 Å². The first-order valence-electron chi connectivity index (χ1n) is 8.45. The van der Waals surface area contributed by atoms with Crippen LogP contribution in [0, 0.1) is 0 Å². The average molecular weight is 319 g/mol. The number of para-hydroxylation sites is 1. The Kier molecular flexibility index (Phi) is 3.69. The molecule has 0 atom stereocenters. The van der Waals surface area contributed by atoms with Gasteiger partial charge in [-0.15, -0.1) is 0 Å². The molecule has 0 saturated carbocycles. The van der Waals surface area contributed by atoms with Crippen LogP contribution in [0.15, 0.2) is 59.6 Å². The third kappa shape index (κ3) is 2.34. The molecule has 2 heterocycles. The van der Waals surface area contributed by atoms with Gasteiger partial charge < -0.3 is 10.2 Å². The van der Waals surface area contributed by atoms with Crippen molar-refractivity contribution in [2.75, 3.05) is 25.0 Å². The van der Waals surface area contributed by atoms with Gasteiger partial charge in [0.2, 0.25) is 0 Å². The molecule has 0 bridgehead atoms. The number of likely N-dealkylation sites (N-methyl/N-ethyl adjacent to an activating group) is 1. The number of rotatable bonds is 1. The highest BCUT2D eigenvalue weighted by molar-refractivity contribution is 6.20. The van der Waals surface area contributed by atoms with Crippen LogP contribution in [0.5, 0.6) is 0 Å². The van der Waals surface area contributed by atoms with E-state index in [1.165, 1.54) is 0 Å². The van der Waals surface area contributed by atoms with Crippen LogP contribution in [-0.2, 0) is 4.79 Å². The molecule has 1 saturated heterocycles. The highest BCUT2D eigenvalue weighted by atomic mass is 16.2. The number of benzene rings is 2. The first-order chi connectivity index (χ1) is 11.7. The molecule has 4 nitrogen and oxygen atoms in total. The number of aliphatic imine (C=N–C) groups is 1. The summed E-state index contributed by atoms with van der Waals surface area (Å²) >= 11 is 0. The lowest BCUT2D eigenvalue weighted by molar-refractivity contribution is -0.124. The van der Waals surface area contributed by atoms with E-state index in [4.69, 9.17) is 4.99 Å². The van der Waals surface area contributed by atoms with Crippen molar-refractivity contribution in [2.45, 2.75) is 18.4 Å². The zero-order valence-corrected chi connectivity index (χ0v) is 13.8. The normalized spacial score (nSPS) is 19.6. The standard InChI is InChI=1S/C20H21N3O/c1-23-17-10-6-5-9-16(17)18(15-7-3-2-4-8-15)22-20(19(23)24)11-13-21-14-12-20/h2-10,21H,11-14H2,1H3. The number of nitrogens with zero attached hydrogens (tertiary/aromatic N) is 2. The Labute approximate surface area is 142 Å². The number of hydrogen-bond acceptors (Lipinski definition) is 3. The summed E-state index contributed by atoms with van der Waals surface area (Å²) in [6.45, 7) is 1.64. The van der Waals surface area contributed by atoms with Gasteiger partial charge in [-0.25, -0.2) is 0 Å². The third-order valence-corrected chi connectivity index (χ3v) is 5.03. The molecule has 4 rings (SSSR count). The van der Waals surface area contributed by atoms with Crippen molar-refractivity contribution in [1.82, 2.24) is 5.32 Å². The minimum Gasteiger partial charge on any atom is -0.317 e. The molecule has 24 heavy (non-hydrogen) atoms. The van der Waals surface area contributed by atoms with Gasteiger partial charge in [-0.05, 0) is 32.0 Å². The van der Waals surface area contributed by atoms with Gasteiger partial charge in [0.15, 0.2) is 0 Å². The molecule has 0 radical (unpaired) electrons. The highest BCUT2D eigenvalue weighted by Crippen LogP contribution is 2.35. The summed E-state index contributed by atoms with van der Waals surface area (Å²) in [5.74, 6) is 0.0994. The third-order valence-electron chi connectivity index (χ3n) is 5.03. The molecule has 122 valence electrons. The Bertz CT molecular complexity index is 792. The molecule has 1 N–H and O–H groups in total. The molecule has 1 fully saturated rings. The first-order valence-corrected chi connectivity index (χ1v) is 8.45. The van der Waals surface area contributed by atoms with E-state index in [1.807, 2.05) is 43.4 Å². The summed E-state index contributed by atoms with van der Waals surface area (Å²) in [6, 6.07) is 18.2. The van der Waals surface area contributed by atoms with Crippen LogP contribution in [0.1, 0.15) is 24.0 Å². The van der Waals surface area contributed by atoms with Crippen LogP contribution < -0.4 is 10.2 Å². The van der Waals surface area contributed by atoms with Gasteiger partial charge in [0.25, 0.3) is 5.91 Å². The molecule has 2 aliphatic rings. The fourth-order valence-electron chi connectivity index (χ4n) is 3.69. The van der Waals surface area contributed by atoms with E-state index in [0.717, 1.165) is 48.5 Å². The van der Waals surface area contributed by atoms with Crippen molar-refractivity contribution < 1.29 is 4.79 Å². The molecule has 2 aromatic carbocycles. The van der Waals surface area contributed by atoms with Gasteiger partial charge in [0.1, 0.15) is 5.54 Å². The number of carbonyl (C=O) groups is 1. The number of anilines is 1. The number of amides is 1. The average Bonchev–Trinajstić information content (AvgIpc) is 2.74. The molecule has 0 unspecified atom stereocenters. The maximum atomic E-state index is 13.3. The summed E-state index contributed by atoms with van der Waals surface area (Å²) in [5.41, 5.74) is 3.27. The van der Waals surface area contributed by atoms with Gasteiger partial charge in [-0.2, -0.15) is 0 Å². The summed E-state index contributed by atoms with van der Waals surface area (Å²) in [7, 11) is 1.87. The summed E-state index contributed by atoms with van der Waals surface area (Å²) in [4.78, 5) is 20.1. The van der Waals surface area contributed by atoms with E-state index in [0.29, 0.717) is 0 Å². The Morgan fingerprint density at radius 3 is 2.42 bits per heavy atom. The van der Waals surface area contributed by atoms with Crippen LogP contribution in [-0.4, -0.2) is 37.3 Å². The monoisotopic (exact) mass is 319 g/mol. The quantitative estimate of drug-likeness (QED) is 0.878. The molecule has 2 aromatic rings. The van der Waals surface area contributed by atoms with Crippen molar-refractivity contribution in [3.63, 3.8) is 0 Å². The zero-order chi connectivity index (χ0) is 16.6. The van der Waals surface area contributed by atoms with E-state index in [2.05, 4.69) is 23.5 Å². The van der Waals surface area contributed by atoms with Gasteiger partial charge in [-0.3, -0.25) is 9.79 Å². The maximum absolute atomic E-state index is 13.3. The molecular weight excluding hydrogens is 298 g/mol. The number of nitrogens with one attached hydrogen (secondary N) is 1. The van der Waals surface area contributed by atoms with E-state index < -0.39 is 5.54 Å². The molecule has 2 aliphatic heterocycles. The number of piperidine rings is 1. The predicted molar refractivity (Wildman–Crippen MR) is 96.8 cm³/mol. The van der Waals surface area contributed by atoms with Crippen molar-refractivity contribution >= 4 is 17.3 Å². The van der Waals surface area contributed by atoms with Crippen LogP contribution in [0.2, 0.25) is 0 Å². The van der Waals surface area contributed by atoms with Crippen LogP contribution in [0.4, 0.5) is 5.69 Å². The summed E-state index contributed by atoms with van der Waals surface area (Å²) in [5, 5.41) is 3.35. The lowest BCUT2D eigenvalue weighted by Crippen LogP contribution is -2.52. The Balaban J connectivity index is 1.97. The molecular formula is C20H21N3O. The Hall–Kier alpha value is -2.46. The van der Waals surface area contributed by atoms with Crippen molar-refractivity contribution in [3.05, 3.63) is 65.7 Å². The summed E-state index contributed by atoms with van der Waals surface area (Å²) < 4.78 is 0. The largest absolute Gasteiger partial charge is 0.317 e. The number of fused-ring (bicyclic) bond motifs is 1. The topological polar surface area (TPSA) is 44.7 Å². The van der Waals surface area contributed by atoms with E-state index >= 15 is 0 Å². The molecule has 1 spiro atoms. The Morgan fingerprint density at radius 1 is 1.00 bits per heavy atom. The minimum absolute atomic E-state index is 0.0994. The second-order valence-corrected chi connectivity index (χ2v) is 6.49. The SMILES string of the molecule is CN1C(=O)C2(CCNCC2)N=C(c2ccccc2)c2ccccc21. The van der Waals surface area contributed by atoms with Crippen molar-refractivity contribution in [1.29, 1.82) is 0 Å². The zero-order valence-electron chi connectivity index (χ0n) is 13.8. The predicted octanol–water partition coefficient (Wildman–Crippen LogP) is 2.62. The van der Waals surface area contributed by atoms with Crippen molar-refractivity contribution in [2.24, 2.45) is 4.99 Å². The van der Waals surface area contributed by atoms with Gasteiger partial charge in [-0.1, -0.05) is 48.5 Å².